The van der Waals surface area contributed by atoms with E-state index >= 15 is 0 Å². The van der Waals surface area contributed by atoms with Gasteiger partial charge in [0.1, 0.15) is 23.6 Å². The van der Waals surface area contributed by atoms with Gasteiger partial charge in [-0.1, -0.05) is 23.7 Å². The number of hydrogen-bond donors (Lipinski definition) is 1. The summed E-state index contributed by atoms with van der Waals surface area (Å²) >= 11 is 5.90. The van der Waals surface area contributed by atoms with Gasteiger partial charge >= 0.3 is 6.03 Å². The minimum absolute atomic E-state index is 0.0518. The van der Waals surface area contributed by atoms with Gasteiger partial charge in [-0.25, -0.2) is 14.5 Å². The zero-order valence-corrected chi connectivity index (χ0v) is 18.3. The molecule has 1 aliphatic rings. The van der Waals surface area contributed by atoms with E-state index in [-0.39, 0.29) is 6.03 Å². The highest BCUT2D eigenvalue weighted by Gasteiger charge is 2.22. The van der Waals surface area contributed by atoms with Crippen LogP contribution in [0.3, 0.4) is 0 Å². The molecule has 1 aliphatic heterocycles. The molecule has 0 bridgehead atoms. The molecule has 1 saturated heterocycles. The highest BCUT2D eigenvalue weighted by molar-refractivity contribution is 6.30. The van der Waals surface area contributed by atoms with Crippen LogP contribution in [0.5, 0.6) is 5.75 Å². The van der Waals surface area contributed by atoms with Crippen molar-refractivity contribution in [3.63, 3.8) is 0 Å². The monoisotopic (exact) mass is 440 g/mol. The van der Waals surface area contributed by atoms with Crippen molar-refractivity contribution >= 4 is 23.3 Å². The van der Waals surface area contributed by atoms with E-state index in [4.69, 9.17) is 16.3 Å². The topological polar surface area (TPSA) is 75.5 Å². The lowest BCUT2D eigenvalue weighted by Crippen LogP contribution is -2.51. The number of carbonyl (C=O) groups excluding carboxylic acids is 1. The molecule has 0 spiro atoms. The second kappa shape index (κ2) is 9.26. The predicted octanol–water partition coefficient (Wildman–Crippen LogP) is 3.27. The Morgan fingerprint density at radius 3 is 2.52 bits per heavy atom. The number of ether oxygens (including phenoxy) is 1. The number of piperazine rings is 1. The van der Waals surface area contributed by atoms with Crippen molar-refractivity contribution in [3.8, 4) is 11.4 Å². The van der Waals surface area contributed by atoms with Crippen LogP contribution in [0.4, 0.5) is 10.5 Å². The first kappa shape index (κ1) is 21.0. The number of nitrogens with zero attached hydrogens (tertiary/aromatic N) is 5. The van der Waals surface area contributed by atoms with Gasteiger partial charge in [0.25, 0.3) is 0 Å². The van der Waals surface area contributed by atoms with Crippen LogP contribution in [-0.2, 0) is 6.54 Å². The van der Waals surface area contributed by atoms with Gasteiger partial charge in [-0.2, -0.15) is 5.10 Å². The van der Waals surface area contributed by atoms with Gasteiger partial charge in [-0.3, -0.25) is 0 Å². The summed E-state index contributed by atoms with van der Waals surface area (Å²) in [6.45, 7) is 5.13. The number of carbonyl (C=O) groups is 1. The Balaban J connectivity index is 1.34. The van der Waals surface area contributed by atoms with E-state index < -0.39 is 0 Å². The van der Waals surface area contributed by atoms with Crippen molar-refractivity contribution < 1.29 is 9.53 Å². The highest BCUT2D eigenvalue weighted by atomic mass is 35.5. The highest BCUT2D eigenvalue weighted by Crippen LogP contribution is 2.28. The molecule has 0 unspecified atom stereocenters. The van der Waals surface area contributed by atoms with Gasteiger partial charge < -0.3 is 19.9 Å². The zero-order valence-electron chi connectivity index (χ0n) is 17.6. The molecule has 0 saturated carbocycles. The molecule has 8 nitrogen and oxygen atoms in total. The number of rotatable bonds is 5. The summed E-state index contributed by atoms with van der Waals surface area (Å²) in [6, 6.07) is 13.5. The quantitative estimate of drug-likeness (QED) is 0.659. The zero-order chi connectivity index (χ0) is 21.8. The summed E-state index contributed by atoms with van der Waals surface area (Å²) in [6.07, 6.45) is 1.67. The first-order valence-electron chi connectivity index (χ1n) is 10.1. The molecular formula is C22H25ClN6O2. The number of aromatic nitrogens is 3. The molecule has 2 amide bonds. The molecule has 9 heteroatoms. The summed E-state index contributed by atoms with van der Waals surface area (Å²) in [5.41, 5.74) is 2.91. The lowest BCUT2D eigenvalue weighted by molar-refractivity contribution is 0.194. The largest absolute Gasteiger partial charge is 0.494 e. The fraction of sp³-hybridized carbons (Fsp3) is 0.318. The number of amides is 2. The Morgan fingerprint density at radius 1 is 1.13 bits per heavy atom. The number of benzene rings is 2. The maximum absolute atomic E-state index is 12.5. The van der Waals surface area contributed by atoms with Crippen LogP contribution in [0.15, 0.2) is 48.8 Å². The van der Waals surface area contributed by atoms with Crippen molar-refractivity contribution in [3.05, 3.63) is 65.2 Å². The number of aryl methyl sites for hydroxylation is 1. The Kier molecular flexibility index (Phi) is 6.27. The standard InChI is InChI=1S/C22H25ClN6O2/c1-16-25-15-29(26-16)20-8-7-19(13-21(20)31-2)27-9-11-28(12-10-27)22(30)24-14-17-3-5-18(23)6-4-17/h3-8,13,15H,9-12,14H2,1-2H3,(H,24,30). The summed E-state index contributed by atoms with van der Waals surface area (Å²) in [7, 11) is 1.65. The second-order valence-corrected chi connectivity index (χ2v) is 7.79. The van der Waals surface area contributed by atoms with Gasteiger partial charge in [-0.15, -0.1) is 0 Å². The molecule has 0 radical (unpaired) electrons. The van der Waals surface area contributed by atoms with E-state index in [0.29, 0.717) is 30.5 Å². The summed E-state index contributed by atoms with van der Waals surface area (Å²) in [4.78, 5) is 20.8. The maximum atomic E-state index is 12.5. The van der Waals surface area contributed by atoms with E-state index in [1.807, 2.05) is 54.3 Å². The Labute approximate surface area is 186 Å². The number of urea groups is 1. The first-order valence-corrected chi connectivity index (χ1v) is 10.5. The number of anilines is 1. The van der Waals surface area contributed by atoms with Crippen LogP contribution >= 0.6 is 11.6 Å². The first-order chi connectivity index (χ1) is 15.0. The van der Waals surface area contributed by atoms with Gasteiger partial charge in [0.05, 0.1) is 7.11 Å². The van der Waals surface area contributed by atoms with Gasteiger partial charge in [0.15, 0.2) is 0 Å². The minimum Gasteiger partial charge on any atom is -0.494 e. The molecule has 31 heavy (non-hydrogen) atoms. The molecule has 0 atom stereocenters. The number of methoxy groups -OCH3 is 1. The van der Waals surface area contributed by atoms with Gasteiger partial charge in [-0.05, 0) is 36.8 Å². The minimum atomic E-state index is -0.0518. The third kappa shape index (κ3) is 4.91. The van der Waals surface area contributed by atoms with Crippen molar-refractivity contribution in [2.24, 2.45) is 0 Å². The van der Waals surface area contributed by atoms with E-state index in [1.54, 1.807) is 18.1 Å². The number of hydrogen-bond acceptors (Lipinski definition) is 5. The second-order valence-electron chi connectivity index (χ2n) is 7.35. The third-order valence-electron chi connectivity index (χ3n) is 5.31. The van der Waals surface area contributed by atoms with Crippen LogP contribution in [0.2, 0.25) is 5.02 Å². The SMILES string of the molecule is COc1cc(N2CCN(C(=O)NCc3ccc(Cl)cc3)CC2)ccc1-n1cnc(C)n1. The fourth-order valence-electron chi connectivity index (χ4n) is 3.57. The molecule has 0 aliphatic carbocycles. The summed E-state index contributed by atoms with van der Waals surface area (Å²) in [5.74, 6) is 1.43. The van der Waals surface area contributed by atoms with E-state index in [0.717, 1.165) is 35.8 Å². The van der Waals surface area contributed by atoms with Crippen molar-refractivity contribution in [1.29, 1.82) is 0 Å². The van der Waals surface area contributed by atoms with Gasteiger partial charge in [0.2, 0.25) is 0 Å². The van der Waals surface area contributed by atoms with Crippen LogP contribution in [0, 0.1) is 6.92 Å². The fourth-order valence-corrected chi connectivity index (χ4v) is 3.70. The smallest absolute Gasteiger partial charge is 0.317 e. The average molecular weight is 441 g/mol. The van der Waals surface area contributed by atoms with Gasteiger partial charge in [0, 0.05) is 49.5 Å². The summed E-state index contributed by atoms with van der Waals surface area (Å²) < 4.78 is 7.29. The van der Waals surface area contributed by atoms with Crippen LogP contribution < -0.4 is 15.0 Å². The Hall–Kier alpha value is -3.26. The third-order valence-corrected chi connectivity index (χ3v) is 5.56. The predicted molar refractivity (Wildman–Crippen MR) is 120 cm³/mol. The Morgan fingerprint density at radius 2 is 1.87 bits per heavy atom. The molecule has 2 aromatic carbocycles. The average Bonchev–Trinajstić information content (AvgIpc) is 3.24. The molecule has 3 aromatic rings. The van der Waals surface area contributed by atoms with E-state index in [9.17, 15) is 4.79 Å². The van der Waals surface area contributed by atoms with Crippen molar-refractivity contribution in [2.45, 2.75) is 13.5 Å². The molecular weight excluding hydrogens is 416 g/mol. The van der Waals surface area contributed by atoms with Crippen LogP contribution in [0.25, 0.3) is 5.69 Å². The normalized spacial score (nSPS) is 13.9. The van der Waals surface area contributed by atoms with E-state index in [1.165, 1.54) is 0 Å². The van der Waals surface area contributed by atoms with Crippen molar-refractivity contribution in [2.75, 3.05) is 38.2 Å². The molecule has 1 N–H and O–H groups in total. The summed E-state index contributed by atoms with van der Waals surface area (Å²) in [5, 5.41) is 8.02. The molecule has 4 rings (SSSR count). The van der Waals surface area contributed by atoms with Crippen LogP contribution in [-0.4, -0.2) is 59.0 Å². The lowest BCUT2D eigenvalue weighted by Gasteiger charge is -2.36. The molecule has 1 aromatic heterocycles. The number of halogens is 1. The maximum Gasteiger partial charge on any atom is 0.317 e. The lowest BCUT2D eigenvalue weighted by atomic mass is 10.2. The molecule has 1 fully saturated rings. The van der Waals surface area contributed by atoms with Crippen LogP contribution in [0.1, 0.15) is 11.4 Å². The molecule has 2 heterocycles. The van der Waals surface area contributed by atoms with Crippen molar-refractivity contribution in [1.82, 2.24) is 25.0 Å². The Bertz CT molecular complexity index is 1040. The van der Waals surface area contributed by atoms with E-state index in [2.05, 4.69) is 20.3 Å². The number of nitrogens with one attached hydrogen (secondary N) is 1. The molecule has 162 valence electrons.